The number of benzene rings is 2. The quantitative estimate of drug-likeness (QED) is 0.793. The van der Waals surface area contributed by atoms with E-state index in [0.29, 0.717) is 28.7 Å². The Morgan fingerprint density at radius 3 is 2.48 bits per heavy atom. The van der Waals surface area contributed by atoms with Crippen molar-refractivity contribution in [3.8, 4) is 0 Å². The molecule has 0 spiro atoms. The number of halogens is 3. The molecule has 0 aliphatic heterocycles. The molecule has 0 fully saturated rings. The molecule has 0 saturated carbocycles. The zero-order valence-electron chi connectivity index (χ0n) is 12.6. The maximum Gasteiger partial charge on any atom is 0.242 e. The van der Waals surface area contributed by atoms with Crippen LogP contribution in [0, 0.1) is 5.82 Å². The van der Waals surface area contributed by atoms with Gasteiger partial charge in [-0.3, -0.25) is 4.79 Å². The maximum atomic E-state index is 12.9. The van der Waals surface area contributed by atoms with Gasteiger partial charge in [0.05, 0.1) is 10.7 Å². The molecule has 0 aromatic heterocycles. The highest BCUT2D eigenvalue weighted by Gasteiger charge is 2.17. The summed E-state index contributed by atoms with van der Waals surface area (Å²) < 4.78 is 12.9. The predicted molar refractivity (Wildman–Crippen MR) is 92.4 cm³/mol. The van der Waals surface area contributed by atoms with E-state index in [1.807, 2.05) is 6.92 Å². The summed E-state index contributed by atoms with van der Waals surface area (Å²) in [5.74, 6) is -0.451. The Morgan fingerprint density at radius 1 is 1.17 bits per heavy atom. The molecular formula is C17H17Cl2FN2O. The fourth-order valence-electron chi connectivity index (χ4n) is 2.06. The van der Waals surface area contributed by atoms with Crippen LogP contribution >= 0.6 is 23.2 Å². The number of nitrogens with one attached hydrogen (secondary N) is 2. The summed E-state index contributed by atoms with van der Waals surface area (Å²) in [5.41, 5.74) is 1.49. The van der Waals surface area contributed by atoms with Crippen LogP contribution in [0.1, 0.15) is 18.9 Å². The number of anilines is 1. The van der Waals surface area contributed by atoms with Crippen LogP contribution in [0.25, 0.3) is 0 Å². The lowest BCUT2D eigenvalue weighted by Crippen LogP contribution is -2.38. The highest BCUT2D eigenvalue weighted by molar-refractivity contribution is 6.36. The summed E-state index contributed by atoms with van der Waals surface area (Å²) in [6.07, 6.45) is 0.591. The lowest BCUT2D eigenvalue weighted by Gasteiger charge is -2.19. The van der Waals surface area contributed by atoms with Crippen molar-refractivity contribution in [1.29, 1.82) is 0 Å². The highest BCUT2D eigenvalue weighted by atomic mass is 35.5. The van der Waals surface area contributed by atoms with Crippen molar-refractivity contribution >= 4 is 34.8 Å². The Bertz CT molecular complexity index is 677. The van der Waals surface area contributed by atoms with Gasteiger partial charge in [0.1, 0.15) is 11.9 Å². The number of hydrogen-bond acceptors (Lipinski definition) is 2. The molecule has 0 saturated heterocycles. The van der Waals surface area contributed by atoms with Crippen molar-refractivity contribution in [2.24, 2.45) is 0 Å². The van der Waals surface area contributed by atoms with E-state index in [1.165, 1.54) is 12.1 Å². The molecule has 6 heteroatoms. The van der Waals surface area contributed by atoms with Crippen LogP contribution in [0.5, 0.6) is 0 Å². The molecule has 2 aromatic rings. The summed E-state index contributed by atoms with van der Waals surface area (Å²) >= 11 is 12.0. The van der Waals surface area contributed by atoms with Gasteiger partial charge in [-0.2, -0.15) is 0 Å². The average molecular weight is 355 g/mol. The number of rotatable bonds is 6. The second kappa shape index (κ2) is 8.18. The number of carbonyl (C=O) groups excluding carboxylic acids is 1. The SMILES string of the molecule is CCC(Nc1ccc(Cl)cc1Cl)C(=O)NCc1ccc(F)cc1. The minimum absolute atomic E-state index is 0.150. The monoisotopic (exact) mass is 354 g/mol. The molecule has 23 heavy (non-hydrogen) atoms. The summed E-state index contributed by atoms with van der Waals surface area (Å²) in [5, 5.41) is 6.93. The van der Waals surface area contributed by atoms with E-state index in [-0.39, 0.29) is 11.7 Å². The molecular weight excluding hydrogens is 338 g/mol. The van der Waals surface area contributed by atoms with Crippen molar-refractivity contribution in [2.45, 2.75) is 25.9 Å². The molecule has 1 atom stereocenters. The first-order chi connectivity index (χ1) is 11.0. The molecule has 0 radical (unpaired) electrons. The largest absolute Gasteiger partial charge is 0.372 e. The van der Waals surface area contributed by atoms with Gasteiger partial charge in [0.25, 0.3) is 0 Å². The highest BCUT2D eigenvalue weighted by Crippen LogP contribution is 2.26. The molecule has 0 bridgehead atoms. The summed E-state index contributed by atoms with van der Waals surface area (Å²) in [4.78, 5) is 12.3. The second-order valence-electron chi connectivity index (χ2n) is 5.07. The lowest BCUT2D eigenvalue weighted by atomic mass is 10.1. The van der Waals surface area contributed by atoms with Gasteiger partial charge in [-0.1, -0.05) is 42.3 Å². The first-order valence-corrected chi connectivity index (χ1v) is 7.99. The first kappa shape index (κ1) is 17.6. The summed E-state index contributed by atoms with van der Waals surface area (Å²) in [6, 6.07) is 10.7. The van der Waals surface area contributed by atoms with Crippen molar-refractivity contribution in [1.82, 2.24) is 5.32 Å². The van der Waals surface area contributed by atoms with Crippen LogP contribution in [0.15, 0.2) is 42.5 Å². The van der Waals surface area contributed by atoms with E-state index in [4.69, 9.17) is 23.2 Å². The van der Waals surface area contributed by atoms with Crippen molar-refractivity contribution < 1.29 is 9.18 Å². The van der Waals surface area contributed by atoms with E-state index in [2.05, 4.69) is 10.6 Å². The summed E-state index contributed by atoms with van der Waals surface area (Å²) in [6.45, 7) is 2.24. The Balaban J connectivity index is 1.96. The van der Waals surface area contributed by atoms with Crippen molar-refractivity contribution in [3.05, 3.63) is 63.9 Å². The standard InChI is InChI=1S/C17H17Cl2FN2O/c1-2-15(22-16-8-5-12(18)9-14(16)19)17(23)21-10-11-3-6-13(20)7-4-11/h3-9,15,22H,2,10H2,1H3,(H,21,23). The molecule has 0 aliphatic carbocycles. The maximum absolute atomic E-state index is 12.9. The first-order valence-electron chi connectivity index (χ1n) is 7.23. The Morgan fingerprint density at radius 2 is 1.87 bits per heavy atom. The van der Waals surface area contributed by atoms with E-state index in [0.717, 1.165) is 5.56 Å². The number of carbonyl (C=O) groups is 1. The van der Waals surface area contributed by atoms with Crippen LogP contribution in [0.4, 0.5) is 10.1 Å². The van der Waals surface area contributed by atoms with Crippen LogP contribution < -0.4 is 10.6 Å². The minimum Gasteiger partial charge on any atom is -0.372 e. The lowest BCUT2D eigenvalue weighted by molar-refractivity contribution is -0.122. The van der Waals surface area contributed by atoms with Crippen LogP contribution in [0.3, 0.4) is 0 Å². The molecule has 0 heterocycles. The van der Waals surface area contributed by atoms with Crippen LogP contribution in [-0.4, -0.2) is 11.9 Å². The van der Waals surface area contributed by atoms with Gasteiger partial charge in [-0.25, -0.2) is 4.39 Å². The topological polar surface area (TPSA) is 41.1 Å². The van der Waals surface area contributed by atoms with Crippen molar-refractivity contribution in [3.63, 3.8) is 0 Å². The Labute approximate surface area is 144 Å². The number of hydrogen-bond donors (Lipinski definition) is 2. The van der Waals surface area contributed by atoms with Gasteiger partial charge in [0, 0.05) is 11.6 Å². The Kier molecular flexibility index (Phi) is 6.25. The smallest absolute Gasteiger partial charge is 0.242 e. The Hall–Kier alpha value is -1.78. The van der Waals surface area contributed by atoms with Gasteiger partial charge in [0.2, 0.25) is 5.91 Å². The van der Waals surface area contributed by atoms with Gasteiger partial charge >= 0.3 is 0 Å². The molecule has 1 amide bonds. The van der Waals surface area contributed by atoms with E-state index in [1.54, 1.807) is 30.3 Å². The molecule has 122 valence electrons. The molecule has 2 N–H and O–H groups in total. The molecule has 2 rings (SSSR count). The molecule has 3 nitrogen and oxygen atoms in total. The fourth-order valence-corrected chi connectivity index (χ4v) is 2.52. The third-order valence-electron chi connectivity index (χ3n) is 3.37. The average Bonchev–Trinajstić information content (AvgIpc) is 2.53. The van der Waals surface area contributed by atoms with Gasteiger partial charge < -0.3 is 10.6 Å². The predicted octanol–water partition coefficient (Wildman–Crippen LogP) is 4.64. The van der Waals surface area contributed by atoms with Gasteiger partial charge in [-0.05, 0) is 42.3 Å². The third-order valence-corrected chi connectivity index (χ3v) is 3.91. The zero-order chi connectivity index (χ0) is 16.8. The third kappa shape index (κ3) is 5.12. The van der Waals surface area contributed by atoms with Gasteiger partial charge in [-0.15, -0.1) is 0 Å². The molecule has 0 aliphatic rings. The van der Waals surface area contributed by atoms with E-state index >= 15 is 0 Å². The summed E-state index contributed by atoms with van der Waals surface area (Å²) in [7, 11) is 0. The fraction of sp³-hybridized carbons (Fsp3) is 0.235. The van der Waals surface area contributed by atoms with E-state index < -0.39 is 6.04 Å². The molecule has 1 unspecified atom stereocenters. The number of amides is 1. The van der Waals surface area contributed by atoms with Crippen molar-refractivity contribution in [2.75, 3.05) is 5.32 Å². The second-order valence-corrected chi connectivity index (χ2v) is 5.92. The molecule has 2 aromatic carbocycles. The van der Waals surface area contributed by atoms with Gasteiger partial charge in [0.15, 0.2) is 0 Å². The van der Waals surface area contributed by atoms with Crippen LogP contribution in [-0.2, 0) is 11.3 Å². The normalized spacial score (nSPS) is 11.8. The zero-order valence-corrected chi connectivity index (χ0v) is 14.1. The van der Waals surface area contributed by atoms with E-state index in [9.17, 15) is 9.18 Å². The minimum atomic E-state index is -0.422. The van der Waals surface area contributed by atoms with Crippen LogP contribution in [0.2, 0.25) is 10.0 Å².